The van der Waals surface area contributed by atoms with Crippen molar-refractivity contribution in [1.82, 2.24) is 0 Å². The maximum atomic E-state index is 13.1. The predicted octanol–water partition coefficient (Wildman–Crippen LogP) is 3.28. The molecule has 0 saturated heterocycles. The quantitative estimate of drug-likeness (QED) is 0.490. The van der Waals surface area contributed by atoms with Crippen molar-refractivity contribution in [3.05, 3.63) is 12.2 Å². The van der Waals surface area contributed by atoms with Crippen LogP contribution in [0.3, 0.4) is 0 Å². The van der Waals surface area contributed by atoms with Gasteiger partial charge in [0, 0.05) is 18.4 Å². The third-order valence-corrected chi connectivity index (χ3v) is 2.96. The van der Waals surface area contributed by atoms with Gasteiger partial charge in [-0.1, -0.05) is 6.58 Å². The summed E-state index contributed by atoms with van der Waals surface area (Å²) in [4.78, 5) is 21.8. The topological polar surface area (TPSA) is 74.6 Å². The molecule has 23 heavy (non-hydrogen) atoms. The molecule has 0 atom stereocenters. The van der Waals surface area contributed by atoms with Crippen molar-refractivity contribution in [2.45, 2.75) is 37.5 Å². The highest BCUT2D eigenvalue weighted by molar-refractivity contribution is 5.96. The van der Waals surface area contributed by atoms with Gasteiger partial charge < -0.3 is 10.2 Å². The Morgan fingerprint density at radius 1 is 0.870 bits per heavy atom. The van der Waals surface area contributed by atoms with Crippen LogP contribution in [0.15, 0.2) is 12.2 Å². The van der Waals surface area contributed by atoms with Gasteiger partial charge in [-0.25, -0.2) is 39.9 Å². The minimum absolute atomic E-state index is 1.84. The Bertz CT molecular complexity index is 466. The maximum absolute atomic E-state index is 13.1. The summed E-state index contributed by atoms with van der Waals surface area (Å²) in [6.45, 7) is 2.50. The number of halogens is 8. The smallest absolute Gasteiger partial charge is 0.332 e. The number of hydrogen-bond acceptors (Lipinski definition) is 2. The summed E-state index contributed by atoms with van der Waals surface area (Å²) >= 11 is 0. The average Bonchev–Trinajstić information content (AvgIpc) is 2.35. The molecule has 0 spiro atoms. The number of alkyl halides is 8. The molecule has 0 amide bonds. The van der Waals surface area contributed by atoms with Crippen molar-refractivity contribution in [3.8, 4) is 0 Å². The second kappa shape index (κ2) is 6.71. The number of aliphatic carboxylic acids is 2. The Morgan fingerprint density at radius 2 is 1.17 bits per heavy atom. The fourth-order valence-corrected chi connectivity index (χ4v) is 1.72. The molecule has 0 aliphatic rings. The number of carboxylic acid groups (broad SMARTS) is 2. The summed E-state index contributed by atoms with van der Waals surface area (Å²) < 4.78 is 101. The first kappa shape index (κ1) is 21.1. The first-order valence-corrected chi connectivity index (χ1v) is 5.58. The lowest BCUT2D eigenvalue weighted by Gasteiger charge is -2.35. The van der Waals surface area contributed by atoms with Crippen LogP contribution >= 0.6 is 0 Å². The van der Waals surface area contributed by atoms with Crippen molar-refractivity contribution in [1.29, 1.82) is 0 Å². The van der Waals surface area contributed by atoms with E-state index in [1.807, 2.05) is 0 Å². The van der Waals surface area contributed by atoms with Crippen LogP contribution in [0.25, 0.3) is 0 Å². The summed E-state index contributed by atoms with van der Waals surface area (Å²) in [6, 6.07) is 0. The number of hydrogen-bond donors (Lipinski definition) is 2. The third-order valence-electron chi connectivity index (χ3n) is 2.96. The lowest BCUT2D eigenvalue weighted by molar-refractivity contribution is -0.192. The van der Waals surface area contributed by atoms with Gasteiger partial charge in [-0.3, -0.25) is 4.79 Å². The van der Waals surface area contributed by atoms with Crippen LogP contribution in [0, 0.1) is 5.41 Å². The summed E-state index contributed by atoms with van der Waals surface area (Å²) in [6.07, 6.45) is -14.4. The predicted molar refractivity (Wildman–Crippen MR) is 58.0 cm³/mol. The standard InChI is InChI=1S/C11H10F8O4/c1-4(5(20)21)9(8(22)23,2-10(16,17)6(12)13)3-11(18,19)7(14)15/h6-7H,1-3H2,(H,20,21)(H,22,23). The fourth-order valence-electron chi connectivity index (χ4n) is 1.72. The Kier molecular flexibility index (Phi) is 6.16. The van der Waals surface area contributed by atoms with Crippen LogP contribution in [0.1, 0.15) is 12.8 Å². The van der Waals surface area contributed by atoms with E-state index in [4.69, 9.17) is 10.2 Å². The second-order valence-corrected chi connectivity index (χ2v) is 4.65. The van der Waals surface area contributed by atoms with E-state index in [1.165, 1.54) is 0 Å². The van der Waals surface area contributed by atoms with E-state index in [1.54, 1.807) is 0 Å². The lowest BCUT2D eigenvalue weighted by Crippen LogP contribution is -2.48. The molecule has 0 fully saturated rings. The zero-order chi connectivity index (χ0) is 18.8. The Labute approximate surface area is 123 Å². The van der Waals surface area contributed by atoms with Gasteiger partial charge in [-0.2, -0.15) is 0 Å². The molecule has 12 heteroatoms. The van der Waals surface area contributed by atoms with Crippen LogP contribution in [0.5, 0.6) is 0 Å². The molecule has 2 N–H and O–H groups in total. The van der Waals surface area contributed by atoms with Crippen molar-refractivity contribution >= 4 is 11.9 Å². The first-order chi connectivity index (χ1) is 10.1. The van der Waals surface area contributed by atoms with Crippen molar-refractivity contribution in [3.63, 3.8) is 0 Å². The summed E-state index contributed by atoms with van der Waals surface area (Å²) in [5.74, 6) is -15.6. The van der Waals surface area contributed by atoms with Crippen LogP contribution in [-0.4, -0.2) is 46.8 Å². The summed E-state index contributed by atoms with van der Waals surface area (Å²) in [7, 11) is 0. The zero-order valence-corrected chi connectivity index (χ0v) is 11.0. The Morgan fingerprint density at radius 3 is 1.35 bits per heavy atom. The molecule has 0 bridgehead atoms. The fraction of sp³-hybridized carbons (Fsp3) is 0.636. The highest BCUT2D eigenvalue weighted by Crippen LogP contribution is 2.48. The van der Waals surface area contributed by atoms with Gasteiger partial charge in [0.1, 0.15) is 5.41 Å². The van der Waals surface area contributed by atoms with E-state index < -0.39 is 60.5 Å². The average molecular weight is 358 g/mol. The Hall–Kier alpha value is -1.88. The highest BCUT2D eigenvalue weighted by atomic mass is 19.3. The largest absolute Gasteiger partial charge is 0.481 e. The third kappa shape index (κ3) is 4.55. The molecule has 4 nitrogen and oxygen atoms in total. The van der Waals surface area contributed by atoms with Crippen LogP contribution in [0.4, 0.5) is 35.1 Å². The molecule has 0 aromatic heterocycles. The van der Waals surface area contributed by atoms with E-state index >= 15 is 0 Å². The maximum Gasteiger partial charge on any atom is 0.332 e. The number of rotatable bonds is 9. The normalized spacial score (nSPS) is 13.5. The second-order valence-electron chi connectivity index (χ2n) is 4.65. The molecule has 0 rings (SSSR count). The zero-order valence-electron chi connectivity index (χ0n) is 11.0. The molecule has 134 valence electrons. The first-order valence-electron chi connectivity index (χ1n) is 5.58. The van der Waals surface area contributed by atoms with E-state index in [2.05, 4.69) is 6.58 Å². The van der Waals surface area contributed by atoms with E-state index in [0.29, 0.717) is 0 Å². The lowest BCUT2D eigenvalue weighted by atomic mass is 9.71. The molecule has 0 radical (unpaired) electrons. The van der Waals surface area contributed by atoms with Crippen molar-refractivity contribution in [2.75, 3.05) is 0 Å². The summed E-state index contributed by atoms with van der Waals surface area (Å²) in [5, 5.41) is 17.5. The van der Waals surface area contributed by atoms with Gasteiger partial charge in [-0.15, -0.1) is 0 Å². The number of carboxylic acids is 2. The van der Waals surface area contributed by atoms with Gasteiger partial charge in [0.25, 0.3) is 0 Å². The molecular weight excluding hydrogens is 348 g/mol. The van der Waals surface area contributed by atoms with Crippen LogP contribution in [-0.2, 0) is 9.59 Å². The highest BCUT2D eigenvalue weighted by Gasteiger charge is 2.60. The van der Waals surface area contributed by atoms with Crippen molar-refractivity contribution < 1.29 is 54.9 Å². The molecule has 0 aromatic carbocycles. The number of carbonyl (C=O) groups is 2. The minimum Gasteiger partial charge on any atom is -0.481 e. The van der Waals surface area contributed by atoms with Gasteiger partial charge in [0.15, 0.2) is 0 Å². The van der Waals surface area contributed by atoms with Gasteiger partial charge in [0.2, 0.25) is 0 Å². The van der Waals surface area contributed by atoms with E-state index in [-0.39, 0.29) is 0 Å². The van der Waals surface area contributed by atoms with Gasteiger partial charge >= 0.3 is 36.6 Å². The minimum atomic E-state index is -5.23. The molecule has 0 aliphatic heterocycles. The molecule has 0 heterocycles. The molecule has 0 saturated carbocycles. The van der Waals surface area contributed by atoms with E-state index in [9.17, 15) is 44.7 Å². The van der Waals surface area contributed by atoms with Crippen LogP contribution < -0.4 is 0 Å². The van der Waals surface area contributed by atoms with Gasteiger partial charge in [0.05, 0.1) is 0 Å². The molecular formula is C11H10F8O4. The Balaban J connectivity index is 6.18. The van der Waals surface area contributed by atoms with Gasteiger partial charge in [-0.05, 0) is 0 Å². The SMILES string of the molecule is C=C(C(=O)O)C(CC(F)(F)C(F)F)(CC(F)(F)C(F)F)C(=O)O. The molecule has 0 aromatic rings. The molecule has 0 unspecified atom stereocenters. The summed E-state index contributed by atoms with van der Waals surface area (Å²) in [5.41, 5.74) is -5.77. The monoisotopic (exact) mass is 358 g/mol. The van der Waals surface area contributed by atoms with Crippen LogP contribution in [0.2, 0.25) is 0 Å². The molecule has 0 aliphatic carbocycles. The van der Waals surface area contributed by atoms with Crippen molar-refractivity contribution in [2.24, 2.45) is 5.41 Å². The van der Waals surface area contributed by atoms with E-state index in [0.717, 1.165) is 0 Å².